The van der Waals surface area contributed by atoms with Gasteiger partial charge < -0.3 is 4.74 Å². The highest BCUT2D eigenvalue weighted by atomic mass is 16.5. The molecule has 0 N–H and O–H groups in total. The van der Waals surface area contributed by atoms with E-state index < -0.39 is 17.3 Å². The van der Waals surface area contributed by atoms with Crippen LogP contribution in [0.5, 0.6) is 0 Å². The van der Waals surface area contributed by atoms with Crippen molar-refractivity contribution in [3.05, 3.63) is 70.8 Å². The molecule has 4 nitrogen and oxygen atoms in total. The van der Waals surface area contributed by atoms with Crippen molar-refractivity contribution in [2.75, 3.05) is 7.11 Å². The van der Waals surface area contributed by atoms with E-state index in [1.54, 1.807) is 24.3 Å². The highest BCUT2D eigenvalue weighted by Crippen LogP contribution is 2.54. The van der Waals surface area contributed by atoms with Gasteiger partial charge >= 0.3 is 5.97 Å². The van der Waals surface area contributed by atoms with Crippen LogP contribution in [0.2, 0.25) is 0 Å². The zero-order valence-corrected chi connectivity index (χ0v) is 16.9. The molecule has 1 unspecified atom stereocenters. The van der Waals surface area contributed by atoms with E-state index in [2.05, 4.69) is 0 Å². The molecule has 1 saturated carbocycles. The van der Waals surface area contributed by atoms with Crippen LogP contribution in [0.1, 0.15) is 69.9 Å². The maximum absolute atomic E-state index is 13.4. The van der Waals surface area contributed by atoms with Crippen LogP contribution in [0.4, 0.5) is 0 Å². The standard InChI is InChI=1S/C25H26O4/c1-16-10-12-17(13-11-16)21(25(24(28)29-2)14-6-3-7-15-25)20-22(26)18-8-4-5-9-19(18)23(20)27/h4-5,8-13,20-21H,3,6-7,14-15H2,1-2H3. The number of carbonyl (C=O) groups is 3. The SMILES string of the molecule is COC(=O)C1(C(c2ccc(C)cc2)C2C(=O)c3ccccc3C2=O)CCCCC1. The first-order valence-corrected chi connectivity index (χ1v) is 10.3. The average Bonchev–Trinajstić information content (AvgIpc) is 3.01. The van der Waals surface area contributed by atoms with E-state index in [-0.39, 0.29) is 17.5 Å². The van der Waals surface area contributed by atoms with Gasteiger partial charge in [-0.15, -0.1) is 0 Å². The molecule has 150 valence electrons. The summed E-state index contributed by atoms with van der Waals surface area (Å²) in [5.74, 6) is -2.06. The topological polar surface area (TPSA) is 60.4 Å². The summed E-state index contributed by atoms with van der Waals surface area (Å²) < 4.78 is 5.26. The van der Waals surface area contributed by atoms with Crippen LogP contribution in [-0.2, 0) is 9.53 Å². The lowest BCUT2D eigenvalue weighted by Gasteiger charge is -2.43. The summed E-state index contributed by atoms with van der Waals surface area (Å²) in [6.45, 7) is 2.00. The second kappa shape index (κ2) is 7.58. The van der Waals surface area contributed by atoms with Crippen LogP contribution in [0.25, 0.3) is 0 Å². The van der Waals surface area contributed by atoms with Crippen molar-refractivity contribution in [3.63, 3.8) is 0 Å². The molecule has 1 fully saturated rings. The van der Waals surface area contributed by atoms with Gasteiger partial charge in [0.25, 0.3) is 0 Å². The number of methoxy groups -OCH3 is 1. The summed E-state index contributed by atoms with van der Waals surface area (Å²) in [7, 11) is 1.40. The summed E-state index contributed by atoms with van der Waals surface area (Å²) >= 11 is 0. The second-order valence-electron chi connectivity index (χ2n) is 8.35. The lowest BCUT2D eigenvalue weighted by Crippen LogP contribution is -2.45. The molecule has 0 heterocycles. The summed E-state index contributed by atoms with van der Waals surface area (Å²) in [5.41, 5.74) is 2.03. The minimum absolute atomic E-state index is 0.176. The predicted molar refractivity (Wildman–Crippen MR) is 110 cm³/mol. The minimum atomic E-state index is -0.882. The van der Waals surface area contributed by atoms with Crippen molar-refractivity contribution in [1.29, 1.82) is 0 Å². The number of fused-ring (bicyclic) bond motifs is 1. The number of ketones is 2. The number of Topliss-reactive ketones (excluding diaryl/α,β-unsaturated/α-hetero) is 2. The molecular formula is C25H26O4. The van der Waals surface area contributed by atoms with E-state index in [9.17, 15) is 14.4 Å². The van der Waals surface area contributed by atoms with Crippen molar-refractivity contribution < 1.29 is 19.1 Å². The van der Waals surface area contributed by atoms with E-state index in [0.717, 1.165) is 30.4 Å². The van der Waals surface area contributed by atoms with E-state index in [4.69, 9.17) is 4.74 Å². The smallest absolute Gasteiger partial charge is 0.312 e. The van der Waals surface area contributed by atoms with Gasteiger partial charge in [-0.3, -0.25) is 14.4 Å². The normalized spacial score (nSPS) is 19.7. The Morgan fingerprint density at radius 1 is 0.931 bits per heavy atom. The van der Waals surface area contributed by atoms with Gasteiger partial charge in [0, 0.05) is 17.0 Å². The van der Waals surface area contributed by atoms with Crippen LogP contribution in [-0.4, -0.2) is 24.6 Å². The summed E-state index contributed by atoms with van der Waals surface area (Å²) in [6.07, 6.45) is 4.09. The molecule has 2 aliphatic rings. The van der Waals surface area contributed by atoms with Crippen molar-refractivity contribution in [2.24, 2.45) is 11.3 Å². The summed E-state index contributed by atoms with van der Waals surface area (Å²) in [6, 6.07) is 14.9. The van der Waals surface area contributed by atoms with Gasteiger partial charge in [-0.2, -0.15) is 0 Å². The molecule has 0 radical (unpaired) electrons. The molecule has 0 aromatic heterocycles. The van der Waals surface area contributed by atoms with Crippen LogP contribution in [0, 0.1) is 18.3 Å². The number of ether oxygens (including phenoxy) is 1. The Kier molecular flexibility index (Phi) is 5.12. The van der Waals surface area contributed by atoms with Gasteiger partial charge in [0.1, 0.15) is 0 Å². The van der Waals surface area contributed by atoms with Crippen LogP contribution < -0.4 is 0 Å². The molecule has 4 heteroatoms. The molecule has 4 rings (SSSR count). The third-order valence-corrected chi connectivity index (χ3v) is 6.73. The maximum atomic E-state index is 13.4. The van der Waals surface area contributed by atoms with Crippen LogP contribution in [0.3, 0.4) is 0 Å². The molecule has 2 aromatic rings. The van der Waals surface area contributed by atoms with E-state index in [1.165, 1.54) is 7.11 Å². The first-order chi connectivity index (χ1) is 14.0. The Morgan fingerprint density at radius 3 is 2.00 bits per heavy atom. The zero-order chi connectivity index (χ0) is 20.6. The van der Waals surface area contributed by atoms with Crippen LogP contribution >= 0.6 is 0 Å². The van der Waals surface area contributed by atoms with Gasteiger partial charge in [-0.1, -0.05) is 73.4 Å². The number of aryl methyl sites for hydroxylation is 1. The number of carbonyl (C=O) groups excluding carboxylic acids is 3. The van der Waals surface area contributed by atoms with Gasteiger partial charge in [0.2, 0.25) is 0 Å². The monoisotopic (exact) mass is 390 g/mol. The Bertz CT molecular complexity index is 916. The first kappa shape index (κ1) is 19.6. The summed E-state index contributed by atoms with van der Waals surface area (Å²) in [5, 5.41) is 0. The lowest BCUT2D eigenvalue weighted by molar-refractivity contribution is -0.157. The predicted octanol–water partition coefficient (Wildman–Crippen LogP) is 4.90. The third kappa shape index (κ3) is 3.11. The molecule has 29 heavy (non-hydrogen) atoms. The van der Waals surface area contributed by atoms with E-state index >= 15 is 0 Å². The number of hydrogen-bond donors (Lipinski definition) is 0. The first-order valence-electron chi connectivity index (χ1n) is 10.3. The Morgan fingerprint density at radius 2 is 1.48 bits per heavy atom. The second-order valence-corrected chi connectivity index (χ2v) is 8.35. The molecule has 0 saturated heterocycles. The van der Waals surface area contributed by atoms with E-state index in [1.807, 2.05) is 31.2 Å². The van der Waals surface area contributed by atoms with Gasteiger partial charge in [-0.25, -0.2) is 0 Å². The minimum Gasteiger partial charge on any atom is -0.469 e. The molecule has 0 amide bonds. The highest BCUT2D eigenvalue weighted by molar-refractivity contribution is 6.27. The van der Waals surface area contributed by atoms with Crippen LogP contribution in [0.15, 0.2) is 48.5 Å². The Balaban J connectivity index is 1.90. The number of rotatable bonds is 4. The Hall–Kier alpha value is -2.75. The van der Waals surface area contributed by atoms with E-state index in [0.29, 0.717) is 24.0 Å². The molecular weight excluding hydrogens is 364 g/mol. The number of esters is 1. The number of benzene rings is 2. The van der Waals surface area contributed by atoms with Gasteiger partial charge in [0.15, 0.2) is 11.6 Å². The molecule has 0 bridgehead atoms. The van der Waals surface area contributed by atoms with Crippen molar-refractivity contribution in [2.45, 2.75) is 44.9 Å². The fourth-order valence-electron chi connectivity index (χ4n) is 5.30. The van der Waals surface area contributed by atoms with Gasteiger partial charge in [-0.05, 0) is 25.3 Å². The third-order valence-electron chi connectivity index (χ3n) is 6.73. The fourth-order valence-corrected chi connectivity index (χ4v) is 5.30. The number of hydrogen-bond acceptors (Lipinski definition) is 4. The molecule has 2 aromatic carbocycles. The largest absolute Gasteiger partial charge is 0.469 e. The average molecular weight is 390 g/mol. The molecule has 1 atom stereocenters. The summed E-state index contributed by atoms with van der Waals surface area (Å²) in [4.78, 5) is 40.0. The van der Waals surface area contributed by atoms with Crippen molar-refractivity contribution >= 4 is 17.5 Å². The van der Waals surface area contributed by atoms with Crippen molar-refractivity contribution in [1.82, 2.24) is 0 Å². The van der Waals surface area contributed by atoms with Crippen molar-refractivity contribution in [3.8, 4) is 0 Å². The maximum Gasteiger partial charge on any atom is 0.312 e. The quantitative estimate of drug-likeness (QED) is 0.550. The van der Waals surface area contributed by atoms with Gasteiger partial charge in [0.05, 0.1) is 18.4 Å². The Labute approximate surface area is 171 Å². The fraction of sp³-hybridized carbons (Fsp3) is 0.400. The zero-order valence-electron chi connectivity index (χ0n) is 16.9. The highest BCUT2D eigenvalue weighted by Gasteiger charge is 2.56. The molecule has 0 spiro atoms. The molecule has 2 aliphatic carbocycles. The lowest BCUT2D eigenvalue weighted by atomic mass is 9.59. The molecule has 0 aliphatic heterocycles.